The van der Waals surface area contributed by atoms with Crippen LogP contribution in [0.1, 0.15) is 5.56 Å². The second-order valence-corrected chi connectivity index (χ2v) is 5.56. The van der Waals surface area contributed by atoms with Gasteiger partial charge in [0.15, 0.2) is 0 Å². The molecule has 92 valence electrons. The van der Waals surface area contributed by atoms with Gasteiger partial charge in [-0.15, -0.1) is 0 Å². The quantitative estimate of drug-likeness (QED) is 0.770. The van der Waals surface area contributed by atoms with Crippen molar-refractivity contribution in [3.05, 3.63) is 35.6 Å². The van der Waals surface area contributed by atoms with Crippen LogP contribution < -0.4 is 0 Å². The van der Waals surface area contributed by atoms with E-state index in [2.05, 4.69) is 16.8 Å². The van der Waals surface area contributed by atoms with Crippen molar-refractivity contribution >= 4 is 0 Å². The van der Waals surface area contributed by atoms with Gasteiger partial charge < -0.3 is 4.90 Å². The summed E-state index contributed by atoms with van der Waals surface area (Å²) in [6, 6.07) is 6.91. The molecule has 0 aliphatic carbocycles. The number of likely N-dealkylation sites (tertiary alicyclic amines) is 2. The van der Waals surface area contributed by atoms with Gasteiger partial charge in [-0.1, -0.05) is 12.1 Å². The molecule has 2 saturated heterocycles. The molecule has 0 N–H and O–H groups in total. The fraction of sp³-hybridized carbons (Fsp3) is 0.571. The molecule has 2 fully saturated rings. The van der Waals surface area contributed by atoms with Gasteiger partial charge in [0.25, 0.3) is 0 Å². The van der Waals surface area contributed by atoms with E-state index in [-0.39, 0.29) is 5.82 Å². The third-order valence-corrected chi connectivity index (χ3v) is 4.06. The molecule has 3 heteroatoms. The molecular weight excluding hydrogens is 215 g/mol. The first-order valence-corrected chi connectivity index (χ1v) is 6.36. The third kappa shape index (κ3) is 2.35. The summed E-state index contributed by atoms with van der Waals surface area (Å²) in [7, 11) is 2.21. The molecule has 0 unspecified atom stereocenters. The van der Waals surface area contributed by atoms with Crippen LogP contribution in [-0.4, -0.2) is 43.0 Å². The number of hydrogen-bond acceptors (Lipinski definition) is 2. The normalized spacial score (nSPS) is 29.8. The summed E-state index contributed by atoms with van der Waals surface area (Å²) in [6.45, 7) is 5.85. The van der Waals surface area contributed by atoms with Gasteiger partial charge in [0.1, 0.15) is 5.82 Å². The zero-order chi connectivity index (χ0) is 11.8. The van der Waals surface area contributed by atoms with E-state index in [1.54, 1.807) is 12.1 Å². The van der Waals surface area contributed by atoms with Crippen molar-refractivity contribution in [2.24, 2.45) is 11.8 Å². The Labute approximate surface area is 102 Å². The summed E-state index contributed by atoms with van der Waals surface area (Å²) < 4.78 is 12.8. The second kappa shape index (κ2) is 4.39. The van der Waals surface area contributed by atoms with E-state index in [0.717, 1.165) is 18.4 Å². The minimum absolute atomic E-state index is 0.145. The molecule has 2 aliphatic heterocycles. The summed E-state index contributed by atoms with van der Waals surface area (Å²) in [5, 5.41) is 0. The molecule has 2 heterocycles. The molecule has 0 bridgehead atoms. The largest absolute Gasteiger partial charge is 0.306 e. The zero-order valence-corrected chi connectivity index (χ0v) is 10.3. The van der Waals surface area contributed by atoms with Crippen LogP contribution in [-0.2, 0) is 6.54 Å². The molecule has 0 saturated carbocycles. The number of nitrogens with zero attached hydrogens (tertiary/aromatic N) is 2. The summed E-state index contributed by atoms with van der Waals surface area (Å²) in [5.41, 5.74) is 1.22. The average Bonchev–Trinajstić information content (AvgIpc) is 2.78. The van der Waals surface area contributed by atoms with Crippen LogP contribution in [0.5, 0.6) is 0 Å². The molecule has 0 radical (unpaired) electrons. The summed E-state index contributed by atoms with van der Waals surface area (Å²) in [6.07, 6.45) is 0. The first-order valence-electron chi connectivity index (χ1n) is 6.36. The maximum Gasteiger partial charge on any atom is 0.123 e. The molecular formula is C14H19FN2. The van der Waals surface area contributed by atoms with Crippen molar-refractivity contribution in [3.63, 3.8) is 0 Å². The summed E-state index contributed by atoms with van der Waals surface area (Å²) in [4.78, 5) is 4.94. The summed E-state index contributed by atoms with van der Waals surface area (Å²) >= 11 is 0. The van der Waals surface area contributed by atoms with Gasteiger partial charge >= 0.3 is 0 Å². The molecule has 1 aromatic rings. The van der Waals surface area contributed by atoms with Gasteiger partial charge in [-0.3, -0.25) is 4.90 Å². The first kappa shape index (κ1) is 11.2. The van der Waals surface area contributed by atoms with Crippen LogP contribution in [0, 0.1) is 17.7 Å². The lowest BCUT2D eigenvalue weighted by atomic mass is 10.0. The van der Waals surface area contributed by atoms with Crippen LogP contribution in [0.25, 0.3) is 0 Å². The minimum atomic E-state index is -0.145. The topological polar surface area (TPSA) is 6.48 Å². The van der Waals surface area contributed by atoms with Crippen molar-refractivity contribution in [1.29, 1.82) is 0 Å². The molecule has 2 aliphatic rings. The fourth-order valence-corrected chi connectivity index (χ4v) is 3.30. The van der Waals surface area contributed by atoms with Crippen molar-refractivity contribution < 1.29 is 4.39 Å². The van der Waals surface area contributed by atoms with Crippen LogP contribution >= 0.6 is 0 Å². The Bertz CT molecular complexity index is 376. The Morgan fingerprint density at radius 2 is 1.65 bits per heavy atom. The molecule has 0 spiro atoms. The highest BCUT2D eigenvalue weighted by Crippen LogP contribution is 2.30. The van der Waals surface area contributed by atoms with E-state index in [0.29, 0.717) is 0 Å². The van der Waals surface area contributed by atoms with Gasteiger partial charge in [-0.25, -0.2) is 4.39 Å². The molecule has 1 aromatic carbocycles. The van der Waals surface area contributed by atoms with E-state index in [1.807, 2.05) is 12.1 Å². The Balaban J connectivity index is 1.60. The number of fused-ring (bicyclic) bond motifs is 1. The highest BCUT2D eigenvalue weighted by molar-refractivity contribution is 5.16. The number of rotatable bonds is 2. The predicted molar refractivity (Wildman–Crippen MR) is 66.2 cm³/mol. The average molecular weight is 234 g/mol. The maximum atomic E-state index is 12.8. The Hall–Kier alpha value is -0.930. The highest BCUT2D eigenvalue weighted by Gasteiger charge is 2.38. The second-order valence-electron chi connectivity index (χ2n) is 5.56. The molecule has 0 amide bonds. The Morgan fingerprint density at radius 1 is 1.06 bits per heavy atom. The Morgan fingerprint density at radius 3 is 2.24 bits per heavy atom. The lowest BCUT2D eigenvalue weighted by Gasteiger charge is -2.18. The Kier molecular flexibility index (Phi) is 2.89. The van der Waals surface area contributed by atoms with Crippen molar-refractivity contribution in [1.82, 2.24) is 9.80 Å². The number of hydrogen-bond donors (Lipinski definition) is 0. The summed E-state index contributed by atoms with van der Waals surface area (Å²) in [5.74, 6) is 1.55. The van der Waals surface area contributed by atoms with Crippen molar-refractivity contribution in [2.45, 2.75) is 6.54 Å². The van der Waals surface area contributed by atoms with E-state index in [9.17, 15) is 4.39 Å². The standard InChI is InChI=1S/C14H19FN2/c1-16-7-12-9-17(10-13(12)8-16)6-11-2-4-14(15)5-3-11/h2-5,12-13H,6-10H2,1H3/t12-,13-/m0/s1. The monoisotopic (exact) mass is 234 g/mol. The smallest absolute Gasteiger partial charge is 0.123 e. The molecule has 0 aromatic heterocycles. The predicted octanol–water partition coefficient (Wildman–Crippen LogP) is 1.82. The van der Waals surface area contributed by atoms with E-state index in [1.165, 1.54) is 31.7 Å². The molecule has 17 heavy (non-hydrogen) atoms. The van der Waals surface area contributed by atoms with Crippen LogP contribution in [0.15, 0.2) is 24.3 Å². The highest BCUT2D eigenvalue weighted by atomic mass is 19.1. The zero-order valence-electron chi connectivity index (χ0n) is 10.3. The van der Waals surface area contributed by atoms with Crippen LogP contribution in [0.3, 0.4) is 0 Å². The van der Waals surface area contributed by atoms with E-state index in [4.69, 9.17) is 0 Å². The van der Waals surface area contributed by atoms with E-state index < -0.39 is 0 Å². The lowest BCUT2D eigenvalue weighted by molar-refractivity contribution is 0.272. The lowest BCUT2D eigenvalue weighted by Crippen LogP contribution is -2.26. The molecule has 2 nitrogen and oxygen atoms in total. The van der Waals surface area contributed by atoms with Gasteiger partial charge in [0.2, 0.25) is 0 Å². The molecule has 2 atom stereocenters. The first-order chi connectivity index (χ1) is 8.20. The van der Waals surface area contributed by atoms with Gasteiger partial charge in [-0.05, 0) is 36.6 Å². The van der Waals surface area contributed by atoms with Gasteiger partial charge in [0.05, 0.1) is 0 Å². The SMILES string of the molecule is CN1C[C@H]2CN(Cc3ccc(F)cc3)C[C@@H]2C1. The van der Waals surface area contributed by atoms with Crippen molar-refractivity contribution in [2.75, 3.05) is 33.2 Å². The van der Waals surface area contributed by atoms with Gasteiger partial charge in [0, 0.05) is 32.7 Å². The van der Waals surface area contributed by atoms with Crippen molar-refractivity contribution in [3.8, 4) is 0 Å². The fourth-order valence-electron chi connectivity index (χ4n) is 3.30. The number of benzene rings is 1. The van der Waals surface area contributed by atoms with E-state index >= 15 is 0 Å². The van der Waals surface area contributed by atoms with Crippen LogP contribution in [0.4, 0.5) is 4.39 Å². The maximum absolute atomic E-state index is 12.8. The molecule has 3 rings (SSSR count). The number of halogens is 1. The van der Waals surface area contributed by atoms with Gasteiger partial charge in [-0.2, -0.15) is 0 Å². The third-order valence-electron chi connectivity index (χ3n) is 4.06. The van der Waals surface area contributed by atoms with Crippen LogP contribution in [0.2, 0.25) is 0 Å². The minimum Gasteiger partial charge on any atom is -0.306 e.